The van der Waals surface area contributed by atoms with Crippen LogP contribution in [0, 0.1) is 5.92 Å². The smallest absolute Gasteiger partial charge is 0.468 e. The van der Waals surface area contributed by atoms with Crippen molar-refractivity contribution in [3.8, 4) is 11.5 Å². The molecule has 0 aliphatic rings. The summed E-state index contributed by atoms with van der Waals surface area (Å²) < 4.78 is 30.7. The van der Waals surface area contributed by atoms with Crippen LogP contribution < -0.4 is 15.2 Å². The molecule has 2 atom stereocenters. The number of hydrogen-bond acceptors (Lipinski definition) is 11. The largest absolute Gasteiger partial charge is 0.513 e. The van der Waals surface area contributed by atoms with Crippen LogP contribution in [-0.2, 0) is 35.0 Å². The van der Waals surface area contributed by atoms with Gasteiger partial charge in [-0.3, -0.25) is 9.59 Å². The highest BCUT2D eigenvalue weighted by Gasteiger charge is 2.36. The minimum atomic E-state index is -1.55. The second kappa shape index (κ2) is 17.2. The first-order valence-electron chi connectivity index (χ1n) is 13.0. The highest BCUT2D eigenvalue weighted by Crippen LogP contribution is 2.31. The van der Waals surface area contributed by atoms with Crippen LogP contribution in [0.25, 0.3) is 0 Å². The summed E-state index contributed by atoms with van der Waals surface area (Å²) in [4.78, 5) is 48.9. The fourth-order valence-electron chi connectivity index (χ4n) is 3.14. The van der Waals surface area contributed by atoms with Gasteiger partial charge in [0.2, 0.25) is 0 Å². The fourth-order valence-corrected chi connectivity index (χ4v) is 3.14. The molecule has 0 saturated heterocycles. The van der Waals surface area contributed by atoms with Gasteiger partial charge in [0.25, 0.3) is 0 Å². The van der Waals surface area contributed by atoms with E-state index in [1.54, 1.807) is 13.0 Å². The van der Waals surface area contributed by atoms with E-state index in [4.69, 9.17) is 34.2 Å². The summed E-state index contributed by atoms with van der Waals surface area (Å²) in [7, 11) is 1.21. The number of methoxy groups -OCH3 is 1. The van der Waals surface area contributed by atoms with E-state index in [9.17, 15) is 19.2 Å². The highest BCUT2D eigenvalue weighted by atomic mass is 16.7. The van der Waals surface area contributed by atoms with Gasteiger partial charge in [0.05, 0.1) is 32.8 Å². The van der Waals surface area contributed by atoms with Crippen molar-refractivity contribution in [3.05, 3.63) is 23.8 Å². The summed E-state index contributed by atoms with van der Waals surface area (Å²) >= 11 is 0. The number of unbranched alkanes of at least 4 members (excludes halogenated alkanes) is 2. The van der Waals surface area contributed by atoms with Crippen molar-refractivity contribution in [1.29, 1.82) is 0 Å². The lowest BCUT2D eigenvalue weighted by Gasteiger charge is -2.27. The maximum Gasteiger partial charge on any atom is 0.513 e. The topological polar surface area (TPSA) is 150 Å². The molecule has 0 aliphatic heterocycles. The maximum atomic E-state index is 12.6. The van der Waals surface area contributed by atoms with Crippen molar-refractivity contribution in [3.63, 3.8) is 0 Å². The number of carbonyl (C=O) groups excluding carboxylic acids is 4. The summed E-state index contributed by atoms with van der Waals surface area (Å²) in [6.45, 7) is 7.76. The Bertz CT molecular complexity index is 919. The van der Waals surface area contributed by atoms with Gasteiger partial charge in [0.15, 0.2) is 11.5 Å². The molecule has 38 heavy (non-hydrogen) atoms. The average molecular weight is 540 g/mol. The summed E-state index contributed by atoms with van der Waals surface area (Å²) in [6.07, 6.45) is 1.58. The van der Waals surface area contributed by atoms with E-state index in [2.05, 4.69) is 0 Å². The highest BCUT2D eigenvalue weighted by molar-refractivity contribution is 5.81. The average Bonchev–Trinajstić information content (AvgIpc) is 2.89. The molecule has 0 aliphatic carbocycles. The maximum absolute atomic E-state index is 12.6. The molecule has 11 heteroatoms. The molecular formula is C27H41NO10. The number of ether oxygens (including phenoxy) is 6. The summed E-state index contributed by atoms with van der Waals surface area (Å²) in [5, 5.41) is 0. The van der Waals surface area contributed by atoms with Crippen molar-refractivity contribution >= 4 is 24.2 Å². The Hall–Kier alpha value is -3.34. The van der Waals surface area contributed by atoms with Gasteiger partial charge in [-0.05, 0) is 37.0 Å². The third kappa shape index (κ3) is 11.4. The lowest BCUT2D eigenvalue weighted by atomic mass is 9.88. The van der Waals surface area contributed by atoms with Crippen molar-refractivity contribution in [2.75, 3.05) is 26.9 Å². The lowest BCUT2D eigenvalue weighted by Crippen LogP contribution is -2.51. The number of rotatable bonds is 16. The van der Waals surface area contributed by atoms with E-state index < -0.39 is 23.8 Å². The van der Waals surface area contributed by atoms with Gasteiger partial charge in [-0.25, -0.2) is 9.59 Å². The summed E-state index contributed by atoms with van der Waals surface area (Å²) in [5.41, 5.74) is 5.31. The van der Waals surface area contributed by atoms with Gasteiger partial charge in [-0.2, -0.15) is 0 Å². The molecule has 1 aromatic carbocycles. The quantitative estimate of drug-likeness (QED) is 0.135. The molecule has 0 aromatic heterocycles. The summed E-state index contributed by atoms with van der Waals surface area (Å²) in [5.74, 6) is -1.57. The van der Waals surface area contributed by atoms with Crippen molar-refractivity contribution in [1.82, 2.24) is 0 Å². The van der Waals surface area contributed by atoms with Crippen LogP contribution in [-0.4, -0.2) is 56.7 Å². The zero-order chi connectivity index (χ0) is 28.6. The summed E-state index contributed by atoms with van der Waals surface area (Å²) in [6, 6.07) is 4.36. The lowest BCUT2D eigenvalue weighted by molar-refractivity contribution is -0.153. The van der Waals surface area contributed by atoms with E-state index in [1.807, 2.05) is 20.8 Å². The minimum absolute atomic E-state index is 0.0148. The third-order valence-corrected chi connectivity index (χ3v) is 5.75. The monoisotopic (exact) mass is 539 g/mol. The van der Waals surface area contributed by atoms with E-state index in [0.29, 0.717) is 24.8 Å². The molecule has 1 rings (SSSR count). The Labute approximate surface area is 224 Å². The first-order valence-corrected chi connectivity index (χ1v) is 13.0. The van der Waals surface area contributed by atoms with Crippen molar-refractivity contribution < 1.29 is 47.6 Å². The Morgan fingerprint density at radius 1 is 0.868 bits per heavy atom. The Balaban J connectivity index is 3.12. The predicted molar refractivity (Wildman–Crippen MR) is 138 cm³/mol. The molecular weight excluding hydrogens is 498 g/mol. The molecule has 1 unspecified atom stereocenters. The molecule has 0 saturated carbocycles. The molecule has 0 amide bonds. The Morgan fingerprint density at radius 3 is 1.97 bits per heavy atom. The van der Waals surface area contributed by atoms with E-state index in [-0.39, 0.29) is 56.0 Å². The predicted octanol–water partition coefficient (Wildman–Crippen LogP) is 4.71. The van der Waals surface area contributed by atoms with Crippen molar-refractivity contribution in [2.45, 2.75) is 78.2 Å². The first-order chi connectivity index (χ1) is 18.1. The van der Waals surface area contributed by atoms with Crippen LogP contribution in [0.4, 0.5) is 9.59 Å². The second-order valence-corrected chi connectivity index (χ2v) is 8.94. The van der Waals surface area contributed by atoms with Crippen LogP contribution in [0.5, 0.6) is 11.5 Å². The van der Waals surface area contributed by atoms with Crippen LogP contribution in [0.1, 0.15) is 71.8 Å². The number of nitrogens with two attached hydrogens (primary N) is 1. The molecule has 0 bridgehead atoms. The van der Waals surface area contributed by atoms with Crippen LogP contribution >= 0.6 is 0 Å². The Kier molecular flexibility index (Phi) is 14.8. The SMILES string of the molecule is CCCCOC(=O)Oc1ccc(CC(N)(CCOC(=O)[C@@H](C)CC)C(=O)OC)cc1OC(=O)OCCCC. The van der Waals surface area contributed by atoms with E-state index in [0.717, 1.165) is 12.8 Å². The standard InChI is InChI=1S/C27H41NO10/c1-6-9-14-35-25(31)37-21-12-11-20(17-22(21)38-26(32)36-15-10-7-2)18-27(28,24(30)33-5)13-16-34-23(29)19(4)8-3/h11-12,17,19H,6-10,13-16,18,28H2,1-5H3/t19-,27?/m0/s1. The minimum Gasteiger partial charge on any atom is -0.468 e. The molecule has 0 heterocycles. The zero-order valence-electron chi connectivity index (χ0n) is 23.0. The molecule has 1 aromatic rings. The van der Waals surface area contributed by atoms with Gasteiger partial charge < -0.3 is 34.2 Å². The number of carbonyl (C=O) groups is 4. The van der Waals surface area contributed by atoms with Gasteiger partial charge in [-0.15, -0.1) is 0 Å². The van der Waals surface area contributed by atoms with Gasteiger partial charge in [0.1, 0.15) is 5.54 Å². The van der Waals surface area contributed by atoms with Crippen LogP contribution in [0.2, 0.25) is 0 Å². The van der Waals surface area contributed by atoms with E-state index in [1.165, 1.54) is 19.2 Å². The molecule has 0 fully saturated rings. The molecule has 11 nitrogen and oxygen atoms in total. The molecule has 214 valence electrons. The van der Waals surface area contributed by atoms with Gasteiger partial charge in [-0.1, -0.05) is 46.6 Å². The molecule has 2 N–H and O–H groups in total. The number of benzene rings is 1. The zero-order valence-corrected chi connectivity index (χ0v) is 23.0. The van der Waals surface area contributed by atoms with Gasteiger partial charge in [0, 0.05) is 12.8 Å². The Morgan fingerprint density at radius 2 is 1.45 bits per heavy atom. The number of esters is 2. The molecule has 0 radical (unpaired) electrons. The molecule has 0 spiro atoms. The first kappa shape index (κ1) is 32.7. The third-order valence-electron chi connectivity index (χ3n) is 5.75. The number of hydrogen-bond donors (Lipinski definition) is 1. The van der Waals surface area contributed by atoms with Gasteiger partial charge >= 0.3 is 24.2 Å². The van der Waals surface area contributed by atoms with E-state index >= 15 is 0 Å². The normalized spacial score (nSPS) is 13.0. The van der Waals surface area contributed by atoms with Crippen LogP contribution in [0.15, 0.2) is 18.2 Å². The fraction of sp³-hybridized carbons (Fsp3) is 0.630. The second-order valence-electron chi connectivity index (χ2n) is 8.94. The van der Waals surface area contributed by atoms with Crippen LogP contribution in [0.3, 0.4) is 0 Å². The van der Waals surface area contributed by atoms with Crippen molar-refractivity contribution in [2.24, 2.45) is 11.7 Å².